The van der Waals surface area contributed by atoms with Crippen molar-refractivity contribution in [1.29, 1.82) is 0 Å². The Kier molecular flexibility index (Phi) is 11.6. The van der Waals surface area contributed by atoms with E-state index in [-0.39, 0.29) is 42.0 Å². The van der Waals surface area contributed by atoms with Gasteiger partial charge >= 0.3 is 0 Å². The van der Waals surface area contributed by atoms with Gasteiger partial charge in [0.25, 0.3) is 5.69 Å². The molecule has 0 bridgehead atoms. The molecule has 45 heavy (non-hydrogen) atoms. The van der Waals surface area contributed by atoms with Crippen molar-refractivity contribution in [3.05, 3.63) is 98.5 Å². The number of nitro groups is 1. The van der Waals surface area contributed by atoms with E-state index in [2.05, 4.69) is 21.2 Å². The number of nitrogens with zero attached hydrogens (tertiary/aromatic N) is 3. The zero-order chi connectivity index (χ0) is 32.6. The number of sulfonamides is 1. The average Bonchev–Trinajstić information content (AvgIpc) is 3.01. The highest BCUT2D eigenvalue weighted by molar-refractivity contribution is 9.10. The molecule has 2 amide bonds. The van der Waals surface area contributed by atoms with Gasteiger partial charge in [0.05, 0.1) is 18.3 Å². The third-order valence-electron chi connectivity index (χ3n) is 7.79. The second-order valence-corrected chi connectivity index (χ2v) is 13.9. The molecule has 1 atom stereocenters. The van der Waals surface area contributed by atoms with Gasteiger partial charge in [0.1, 0.15) is 24.0 Å². The van der Waals surface area contributed by atoms with Crippen molar-refractivity contribution in [2.24, 2.45) is 0 Å². The molecule has 1 saturated carbocycles. The van der Waals surface area contributed by atoms with E-state index in [1.165, 1.54) is 24.1 Å². The summed E-state index contributed by atoms with van der Waals surface area (Å²) in [6.45, 7) is -0.704. The summed E-state index contributed by atoms with van der Waals surface area (Å²) in [6.07, 6.45) is 5.91. The molecule has 0 radical (unpaired) electrons. The fraction of sp³-hybridized carbons (Fsp3) is 0.375. The van der Waals surface area contributed by atoms with E-state index >= 15 is 0 Å². The number of amides is 2. The minimum atomic E-state index is -4.15. The van der Waals surface area contributed by atoms with Crippen LogP contribution in [0.25, 0.3) is 0 Å². The number of ether oxygens (including phenoxy) is 1. The highest BCUT2D eigenvalue weighted by Crippen LogP contribution is 2.34. The molecular weight excluding hydrogens is 664 g/mol. The number of rotatable bonds is 13. The van der Waals surface area contributed by atoms with Crippen molar-refractivity contribution in [3.63, 3.8) is 0 Å². The van der Waals surface area contributed by atoms with Crippen LogP contribution in [0.1, 0.15) is 43.2 Å². The van der Waals surface area contributed by atoms with E-state index in [0.717, 1.165) is 64.3 Å². The zero-order valence-corrected chi connectivity index (χ0v) is 27.6. The maximum absolute atomic E-state index is 14.4. The lowest BCUT2D eigenvalue weighted by Crippen LogP contribution is -2.55. The van der Waals surface area contributed by atoms with Gasteiger partial charge in [0.15, 0.2) is 0 Å². The van der Waals surface area contributed by atoms with E-state index in [1.807, 2.05) is 54.6 Å². The van der Waals surface area contributed by atoms with E-state index in [9.17, 15) is 28.1 Å². The number of hydrogen-bond donors (Lipinski definition) is 1. The number of nitro benzene ring substituents is 1. The van der Waals surface area contributed by atoms with Crippen LogP contribution in [0.3, 0.4) is 0 Å². The van der Waals surface area contributed by atoms with Crippen LogP contribution in [0.2, 0.25) is 0 Å². The first-order valence-electron chi connectivity index (χ1n) is 14.6. The quantitative estimate of drug-likeness (QED) is 0.191. The van der Waals surface area contributed by atoms with Crippen molar-refractivity contribution in [3.8, 4) is 5.75 Å². The first-order chi connectivity index (χ1) is 21.5. The number of halogens is 1. The van der Waals surface area contributed by atoms with Gasteiger partial charge < -0.3 is 15.0 Å². The summed E-state index contributed by atoms with van der Waals surface area (Å²) in [5.41, 5.74) is 1.02. The summed E-state index contributed by atoms with van der Waals surface area (Å²) < 4.78 is 33.2. The second-order valence-electron chi connectivity index (χ2n) is 11.1. The molecule has 0 unspecified atom stereocenters. The Balaban J connectivity index is 1.78. The second kappa shape index (κ2) is 15.3. The Morgan fingerprint density at radius 2 is 1.71 bits per heavy atom. The van der Waals surface area contributed by atoms with Gasteiger partial charge in [-0.3, -0.25) is 24.0 Å². The van der Waals surface area contributed by atoms with Crippen molar-refractivity contribution in [2.75, 3.05) is 24.2 Å². The molecule has 1 aliphatic carbocycles. The van der Waals surface area contributed by atoms with Gasteiger partial charge in [0.2, 0.25) is 21.8 Å². The molecule has 13 heteroatoms. The van der Waals surface area contributed by atoms with Crippen LogP contribution in [0.4, 0.5) is 11.4 Å². The summed E-state index contributed by atoms with van der Waals surface area (Å²) in [5, 5.41) is 14.7. The van der Waals surface area contributed by atoms with Gasteiger partial charge in [-0.1, -0.05) is 77.7 Å². The number of anilines is 1. The Labute approximate surface area is 271 Å². The van der Waals surface area contributed by atoms with Crippen molar-refractivity contribution in [2.45, 2.75) is 57.2 Å². The Bertz CT molecular complexity index is 1610. The molecule has 1 N–H and O–H groups in total. The summed E-state index contributed by atoms with van der Waals surface area (Å²) in [7, 11) is -2.85. The van der Waals surface area contributed by atoms with Gasteiger partial charge in [-0.15, -0.1) is 0 Å². The fourth-order valence-corrected chi connectivity index (χ4v) is 6.80. The summed E-state index contributed by atoms with van der Waals surface area (Å²) in [5.74, 6) is -0.949. The Hall–Kier alpha value is -3.97. The molecule has 1 aliphatic rings. The molecule has 0 spiro atoms. The molecule has 0 aromatic heterocycles. The highest BCUT2D eigenvalue weighted by atomic mass is 79.9. The monoisotopic (exact) mass is 700 g/mol. The summed E-state index contributed by atoms with van der Waals surface area (Å²) in [6, 6.07) is 19.2. The number of hydrogen-bond acceptors (Lipinski definition) is 7. The molecule has 11 nitrogen and oxygen atoms in total. The first kappa shape index (κ1) is 33.9. The minimum absolute atomic E-state index is 0.0114. The average molecular weight is 702 g/mol. The number of carbonyl (C=O) groups is 2. The predicted molar refractivity (Wildman–Crippen MR) is 175 cm³/mol. The van der Waals surface area contributed by atoms with Crippen molar-refractivity contribution < 1.29 is 27.7 Å². The van der Waals surface area contributed by atoms with Gasteiger partial charge in [-0.2, -0.15) is 0 Å². The fourth-order valence-electron chi connectivity index (χ4n) is 5.51. The molecule has 3 aromatic rings. The molecule has 0 saturated heterocycles. The topological polar surface area (TPSA) is 139 Å². The van der Waals surface area contributed by atoms with Gasteiger partial charge in [0, 0.05) is 35.6 Å². The smallest absolute Gasteiger partial charge is 0.271 e. The van der Waals surface area contributed by atoms with Crippen LogP contribution in [-0.4, -0.2) is 62.0 Å². The maximum Gasteiger partial charge on any atom is 0.271 e. The SMILES string of the molecule is COc1ccc([N+](=O)[O-])cc1N(CC(=O)N(Cc1cccc(Br)c1)[C@@H](Cc1ccccc1)C(=O)NC1CCCCC1)S(C)(=O)=O. The van der Waals surface area contributed by atoms with Gasteiger partial charge in [-0.05, 0) is 42.2 Å². The number of non-ortho nitro benzene ring substituents is 1. The first-order valence-corrected chi connectivity index (χ1v) is 17.3. The molecule has 3 aromatic carbocycles. The minimum Gasteiger partial charge on any atom is -0.495 e. The Morgan fingerprint density at radius 1 is 1.02 bits per heavy atom. The van der Waals surface area contributed by atoms with Crippen LogP contribution in [0.15, 0.2) is 77.3 Å². The van der Waals surface area contributed by atoms with Gasteiger partial charge in [-0.25, -0.2) is 8.42 Å². The van der Waals surface area contributed by atoms with Crippen LogP contribution < -0.4 is 14.4 Å². The number of nitrogens with one attached hydrogen (secondary N) is 1. The highest BCUT2D eigenvalue weighted by Gasteiger charge is 2.35. The molecule has 4 rings (SSSR count). The normalized spacial score (nSPS) is 14.3. The van der Waals surface area contributed by atoms with Crippen LogP contribution in [0, 0.1) is 10.1 Å². The number of benzene rings is 3. The zero-order valence-electron chi connectivity index (χ0n) is 25.2. The third-order valence-corrected chi connectivity index (χ3v) is 9.41. The van der Waals surface area contributed by atoms with Crippen molar-refractivity contribution in [1.82, 2.24) is 10.2 Å². The predicted octanol–water partition coefficient (Wildman–Crippen LogP) is 5.22. The number of methoxy groups -OCH3 is 1. The lowest BCUT2D eigenvalue weighted by Gasteiger charge is -2.35. The Morgan fingerprint density at radius 3 is 2.33 bits per heavy atom. The lowest BCUT2D eigenvalue weighted by atomic mass is 9.94. The van der Waals surface area contributed by atoms with E-state index < -0.39 is 33.4 Å². The molecule has 0 aliphatic heterocycles. The third kappa shape index (κ3) is 9.27. The molecule has 0 heterocycles. The summed E-state index contributed by atoms with van der Waals surface area (Å²) in [4.78, 5) is 40.7. The van der Waals surface area contributed by atoms with Crippen molar-refractivity contribution >= 4 is 49.1 Å². The van der Waals surface area contributed by atoms with Crippen LogP contribution >= 0.6 is 15.9 Å². The summed E-state index contributed by atoms with van der Waals surface area (Å²) >= 11 is 3.47. The van der Waals surface area contributed by atoms with Crippen LogP contribution in [0.5, 0.6) is 5.75 Å². The van der Waals surface area contributed by atoms with E-state index in [0.29, 0.717) is 0 Å². The molecule has 1 fully saturated rings. The molecular formula is C32H37BrN4O7S. The van der Waals surface area contributed by atoms with E-state index in [1.54, 1.807) is 0 Å². The lowest BCUT2D eigenvalue weighted by molar-refractivity contribution is -0.384. The maximum atomic E-state index is 14.4. The largest absolute Gasteiger partial charge is 0.495 e. The molecule has 240 valence electrons. The standard InChI is InChI=1S/C32H37BrN4O7S/c1-44-30-17-16-27(37(40)41)20-28(30)36(45(2,42)43)22-31(38)35(21-24-12-9-13-25(33)18-24)29(19-23-10-5-3-6-11-23)32(39)34-26-14-7-4-8-15-26/h3,5-6,9-13,16-18,20,26,29H,4,7-8,14-15,19,21-22H2,1-2H3,(H,34,39)/t29-/m0/s1. The number of carbonyl (C=O) groups excluding carboxylic acids is 2. The van der Waals surface area contributed by atoms with E-state index in [4.69, 9.17) is 4.74 Å². The van der Waals surface area contributed by atoms with Crippen LogP contribution in [-0.2, 0) is 32.6 Å².